The molecular weight excluding hydrogens is 492 g/mol. The average molecular weight is 523 g/mol. The summed E-state index contributed by atoms with van der Waals surface area (Å²) in [6.07, 6.45) is 6.12. The van der Waals surface area contributed by atoms with Gasteiger partial charge in [-0.2, -0.15) is 0 Å². The van der Waals surface area contributed by atoms with Crippen LogP contribution in [-0.4, -0.2) is 53.2 Å². The van der Waals surface area contributed by atoms with Gasteiger partial charge in [0.15, 0.2) is 0 Å². The molecule has 0 bridgehead atoms. The van der Waals surface area contributed by atoms with Gasteiger partial charge in [0.2, 0.25) is 5.91 Å². The number of carbonyl (C=O) groups is 1. The van der Waals surface area contributed by atoms with Gasteiger partial charge < -0.3 is 15.1 Å². The molecule has 1 fully saturated rings. The molecule has 1 unspecified atom stereocenters. The molecule has 7 rings (SSSR count). The Balaban J connectivity index is 1.06. The molecule has 2 aliphatic heterocycles. The zero-order chi connectivity index (χ0) is 25.6. The van der Waals surface area contributed by atoms with E-state index in [9.17, 15) is 4.79 Å². The first-order valence-corrected chi connectivity index (χ1v) is 14.2. The number of hydrogen-bond donors (Lipinski definition) is 1. The van der Waals surface area contributed by atoms with Crippen LogP contribution in [0.25, 0.3) is 10.2 Å². The lowest BCUT2D eigenvalue weighted by Crippen LogP contribution is -2.51. The molecule has 1 amide bonds. The van der Waals surface area contributed by atoms with E-state index in [1.807, 2.05) is 6.21 Å². The van der Waals surface area contributed by atoms with Crippen molar-refractivity contribution >= 4 is 50.9 Å². The highest BCUT2D eigenvalue weighted by Gasteiger charge is 2.33. The van der Waals surface area contributed by atoms with Crippen LogP contribution < -0.4 is 10.2 Å². The Morgan fingerprint density at radius 1 is 1.08 bits per heavy atom. The molecular formula is C30H30N6OS. The van der Waals surface area contributed by atoms with Gasteiger partial charge in [-0.05, 0) is 72.7 Å². The van der Waals surface area contributed by atoms with Gasteiger partial charge >= 0.3 is 0 Å². The highest BCUT2D eigenvalue weighted by atomic mass is 32.1. The first kappa shape index (κ1) is 23.3. The summed E-state index contributed by atoms with van der Waals surface area (Å²) >= 11 is 1.72. The number of nitrogens with zero attached hydrogens (tertiary/aromatic N) is 5. The van der Waals surface area contributed by atoms with Gasteiger partial charge in [-0.1, -0.05) is 18.2 Å². The standard InChI is InChI=1S/C30H30N6OS/c1-19-3-2-4-24(13-19)35-9-11-36(12-10-35)30(37)20-6-8-25-26(15-20)38-29-27(25)28(32-18-33-29)34-23-7-5-21-16-31-17-22(21)14-23/h2-5,7,13-14,17-18,20H,6,8-12,15-16H2,1H3,(H,32,33,34). The van der Waals surface area contributed by atoms with Gasteiger partial charge in [-0.15, -0.1) is 11.3 Å². The van der Waals surface area contributed by atoms with Gasteiger partial charge in [-0.3, -0.25) is 9.79 Å². The molecule has 1 N–H and O–H groups in total. The first-order valence-electron chi connectivity index (χ1n) is 13.4. The Labute approximate surface area is 226 Å². The van der Waals surface area contributed by atoms with Crippen LogP contribution in [0, 0.1) is 12.8 Å². The zero-order valence-electron chi connectivity index (χ0n) is 21.5. The molecule has 0 radical (unpaired) electrons. The van der Waals surface area contributed by atoms with Crippen LogP contribution in [0.2, 0.25) is 0 Å². The number of aromatic nitrogens is 2. The lowest BCUT2D eigenvalue weighted by molar-refractivity contribution is -0.136. The summed E-state index contributed by atoms with van der Waals surface area (Å²) in [5.41, 5.74) is 7.25. The predicted octanol–water partition coefficient (Wildman–Crippen LogP) is 5.13. The van der Waals surface area contributed by atoms with Crippen LogP contribution in [0.3, 0.4) is 0 Å². The molecule has 2 aromatic heterocycles. The minimum Gasteiger partial charge on any atom is -0.368 e. The second kappa shape index (κ2) is 9.51. The molecule has 4 aromatic rings. The lowest BCUT2D eigenvalue weighted by Gasteiger charge is -2.38. The topological polar surface area (TPSA) is 73.7 Å². The molecule has 3 aliphatic rings. The molecule has 8 heteroatoms. The average Bonchev–Trinajstić information content (AvgIpc) is 3.57. The monoisotopic (exact) mass is 522 g/mol. The number of thiophene rings is 1. The van der Waals surface area contributed by atoms with E-state index in [4.69, 9.17) is 0 Å². The highest BCUT2D eigenvalue weighted by molar-refractivity contribution is 7.19. The third-order valence-electron chi connectivity index (χ3n) is 8.05. The number of benzene rings is 2. The van der Waals surface area contributed by atoms with Crippen molar-refractivity contribution in [3.63, 3.8) is 0 Å². The van der Waals surface area contributed by atoms with Crippen molar-refractivity contribution in [2.75, 3.05) is 36.4 Å². The van der Waals surface area contributed by atoms with E-state index in [2.05, 4.69) is 79.5 Å². The summed E-state index contributed by atoms with van der Waals surface area (Å²) in [6, 6.07) is 15.0. The predicted molar refractivity (Wildman–Crippen MR) is 154 cm³/mol. The van der Waals surface area contributed by atoms with E-state index in [0.29, 0.717) is 5.91 Å². The van der Waals surface area contributed by atoms with Crippen LogP contribution >= 0.6 is 11.3 Å². The molecule has 38 heavy (non-hydrogen) atoms. The Morgan fingerprint density at radius 2 is 1.97 bits per heavy atom. The minimum absolute atomic E-state index is 0.0430. The molecule has 1 saturated heterocycles. The minimum atomic E-state index is 0.0430. The number of fused-ring (bicyclic) bond motifs is 4. The van der Waals surface area contributed by atoms with E-state index in [1.54, 1.807) is 17.7 Å². The van der Waals surface area contributed by atoms with E-state index in [0.717, 1.165) is 79.3 Å². The van der Waals surface area contributed by atoms with E-state index in [1.165, 1.54) is 27.3 Å². The molecule has 2 aromatic carbocycles. The maximum Gasteiger partial charge on any atom is 0.226 e. The molecule has 1 aliphatic carbocycles. The van der Waals surface area contributed by atoms with Crippen molar-refractivity contribution in [3.8, 4) is 0 Å². The quantitative estimate of drug-likeness (QED) is 0.402. The van der Waals surface area contributed by atoms with Crippen molar-refractivity contribution in [2.45, 2.75) is 32.7 Å². The van der Waals surface area contributed by atoms with Gasteiger partial charge in [0.05, 0.1) is 11.9 Å². The number of hydrogen-bond acceptors (Lipinski definition) is 7. The van der Waals surface area contributed by atoms with Gasteiger partial charge in [-0.25, -0.2) is 9.97 Å². The van der Waals surface area contributed by atoms with Crippen LogP contribution in [0.15, 0.2) is 53.8 Å². The Morgan fingerprint density at radius 3 is 2.84 bits per heavy atom. The Kier molecular flexibility index (Phi) is 5.84. The summed E-state index contributed by atoms with van der Waals surface area (Å²) in [7, 11) is 0. The molecule has 0 saturated carbocycles. The van der Waals surface area contributed by atoms with Crippen molar-refractivity contribution in [2.24, 2.45) is 10.9 Å². The third kappa shape index (κ3) is 4.22. The summed E-state index contributed by atoms with van der Waals surface area (Å²) in [4.78, 5) is 33.9. The largest absolute Gasteiger partial charge is 0.368 e. The SMILES string of the molecule is Cc1cccc(N2CCN(C(=O)C3CCc4c(sc5ncnc(Nc6ccc7c(c6)C=NC7)c45)C3)CC2)c1. The molecule has 4 heterocycles. The van der Waals surface area contributed by atoms with E-state index in [-0.39, 0.29) is 5.92 Å². The molecule has 7 nitrogen and oxygen atoms in total. The normalized spacial score (nSPS) is 18.5. The summed E-state index contributed by atoms with van der Waals surface area (Å²) in [5.74, 6) is 1.20. The summed E-state index contributed by atoms with van der Waals surface area (Å²) in [5, 5.41) is 4.64. The first-order chi connectivity index (χ1) is 18.6. The number of anilines is 3. The van der Waals surface area contributed by atoms with Crippen LogP contribution in [0.5, 0.6) is 0 Å². The highest BCUT2D eigenvalue weighted by Crippen LogP contribution is 2.41. The Hall–Kier alpha value is -3.78. The van der Waals surface area contributed by atoms with Crippen molar-refractivity contribution < 1.29 is 4.79 Å². The van der Waals surface area contributed by atoms with Crippen molar-refractivity contribution in [1.29, 1.82) is 0 Å². The lowest BCUT2D eigenvalue weighted by atomic mass is 9.86. The van der Waals surface area contributed by atoms with E-state index < -0.39 is 0 Å². The fourth-order valence-electron chi connectivity index (χ4n) is 6.00. The zero-order valence-corrected chi connectivity index (χ0v) is 22.3. The van der Waals surface area contributed by atoms with Crippen LogP contribution in [0.1, 0.15) is 33.6 Å². The number of piperazine rings is 1. The maximum absolute atomic E-state index is 13.5. The number of aryl methyl sites for hydroxylation is 2. The third-order valence-corrected chi connectivity index (χ3v) is 9.22. The van der Waals surface area contributed by atoms with Crippen LogP contribution in [0.4, 0.5) is 17.2 Å². The summed E-state index contributed by atoms with van der Waals surface area (Å²) < 4.78 is 0. The number of carbonyl (C=O) groups excluding carboxylic acids is 1. The molecule has 0 spiro atoms. The van der Waals surface area contributed by atoms with Crippen LogP contribution in [-0.2, 0) is 24.2 Å². The molecule has 192 valence electrons. The van der Waals surface area contributed by atoms with E-state index >= 15 is 0 Å². The second-order valence-corrected chi connectivity index (χ2v) is 11.6. The second-order valence-electron chi connectivity index (χ2n) is 10.5. The number of nitrogens with one attached hydrogen (secondary N) is 1. The molecule has 1 atom stereocenters. The van der Waals surface area contributed by atoms with Gasteiger partial charge in [0.25, 0.3) is 0 Å². The maximum atomic E-state index is 13.5. The van der Waals surface area contributed by atoms with Crippen molar-refractivity contribution in [3.05, 3.63) is 75.9 Å². The van der Waals surface area contributed by atoms with Gasteiger partial charge in [0, 0.05) is 54.6 Å². The Bertz CT molecular complexity index is 1570. The number of aliphatic imine (C=N–C) groups is 1. The smallest absolute Gasteiger partial charge is 0.226 e. The number of rotatable bonds is 4. The fourth-order valence-corrected chi connectivity index (χ4v) is 7.27. The fraction of sp³-hybridized carbons (Fsp3) is 0.333. The van der Waals surface area contributed by atoms with Gasteiger partial charge in [0.1, 0.15) is 17.0 Å². The number of amides is 1. The van der Waals surface area contributed by atoms with Crippen molar-refractivity contribution in [1.82, 2.24) is 14.9 Å². The summed E-state index contributed by atoms with van der Waals surface area (Å²) in [6.45, 7) is 6.22.